The van der Waals surface area contributed by atoms with Crippen LogP contribution < -0.4 is 5.73 Å². The summed E-state index contributed by atoms with van der Waals surface area (Å²) in [5, 5.41) is 0. The number of aryl methyl sites for hydroxylation is 1. The van der Waals surface area contributed by atoms with E-state index in [4.69, 9.17) is 10.5 Å². The van der Waals surface area contributed by atoms with Crippen LogP contribution in [0.2, 0.25) is 0 Å². The molecule has 0 radical (unpaired) electrons. The summed E-state index contributed by atoms with van der Waals surface area (Å²) in [4.78, 5) is 0. The van der Waals surface area contributed by atoms with Gasteiger partial charge >= 0.3 is 0 Å². The van der Waals surface area contributed by atoms with E-state index in [9.17, 15) is 4.39 Å². The molecule has 0 bridgehead atoms. The highest BCUT2D eigenvalue weighted by Gasteiger charge is 2.17. The largest absolute Gasteiger partial charge is 0.380 e. The molecule has 3 heteroatoms. The van der Waals surface area contributed by atoms with Gasteiger partial charge in [-0.15, -0.1) is 0 Å². The summed E-state index contributed by atoms with van der Waals surface area (Å²) in [5.74, 6) is -0.206. The van der Waals surface area contributed by atoms with E-state index in [2.05, 4.69) is 6.92 Å². The third kappa shape index (κ3) is 4.10. The number of nitrogens with two attached hydrogens (primary N) is 1. The molecule has 0 saturated carbocycles. The number of ether oxygens (including phenoxy) is 1. The zero-order valence-electron chi connectivity index (χ0n) is 10.9. The molecular weight excluding hydrogens is 217 g/mol. The fraction of sp³-hybridized carbons (Fsp3) is 0.571. The van der Waals surface area contributed by atoms with E-state index >= 15 is 0 Å². The van der Waals surface area contributed by atoms with Gasteiger partial charge in [0.25, 0.3) is 0 Å². The van der Waals surface area contributed by atoms with E-state index in [-0.39, 0.29) is 18.0 Å². The molecular formula is C14H22FNO. The van der Waals surface area contributed by atoms with Gasteiger partial charge in [-0.25, -0.2) is 4.39 Å². The summed E-state index contributed by atoms with van der Waals surface area (Å²) in [7, 11) is 1.68. The summed E-state index contributed by atoms with van der Waals surface area (Å²) in [6, 6.07) is 4.75. The van der Waals surface area contributed by atoms with Gasteiger partial charge in [-0.2, -0.15) is 0 Å². The van der Waals surface area contributed by atoms with Crippen molar-refractivity contribution in [3.8, 4) is 0 Å². The van der Waals surface area contributed by atoms with Crippen LogP contribution >= 0.6 is 0 Å². The van der Waals surface area contributed by atoms with Crippen LogP contribution in [0.5, 0.6) is 0 Å². The van der Waals surface area contributed by atoms with Crippen LogP contribution in [0, 0.1) is 12.7 Å². The Bertz CT molecular complexity index is 354. The normalized spacial score (nSPS) is 14.6. The summed E-state index contributed by atoms with van der Waals surface area (Å²) < 4.78 is 18.5. The van der Waals surface area contributed by atoms with Crippen LogP contribution in [0.15, 0.2) is 18.2 Å². The molecule has 1 aromatic carbocycles. The Morgan fingerprint density at radius 1 is 1.41 bits per heavy atom. The second-order valence-electron chi connectivity index (χ2n) is 4.50. The van der Waals surface area contributed by atoms with Crippen molar-refractivity contribution in [3.63, 3.8) is 0 Å². The minimum absolute atomic E-state index is 0.0441. The standard InChI is InChI=1S/C14H22FNO/c1-4-5-14(17-3)13(16)9-11-8-12(15)7-6-10(11)2/h6-8,13-14H,4-5,9,16H2,1-3H3. The number of hydrogen-bond acceptors (Lipinski definition) is 2. The van der Waals surface area contributed by atoms with Crippen LogP contribution in [0.3, 0.4) is 0 Å². The van der Waals surface area contributed by atoms with E-state index in [0.717, 1.165) is 24.0 Å². The molecule has 17 heavy (non-hydrogen) atoms. The maximum Gasteiger partial charge on any atom is 0.123 e. The quantitative estimate of drug-likeness (QED) is 0.828. The number of methoxy groups -OCH3 is 1. The van der Waals surface area contributed by atoms with Gasteiger partial charge in [0, 0.05) is 13.2 Å². The number of halogens is 1. The highest BCUT2D eigenvalue weighted by Crippen LogP contribution is 2.15. The first-order valence-corrected chi connectivity index (χ1v) is 6.11. The van der Waals surface area contributed by atoms with E-state index in [0.29, 0.717) is 6.42 Å². The van der Waals surface area contributed by atoms with Crippen LogP contribution in [-0.2, 0) is 11.2 Å². The molecule has 0 aromatic heterocycles. The molecule has 1 aromatic rings. The molecule has 96 valence electrons. The zero-order chi connectivity index (χ0) is 12.8. The number of benzene rings is 1. The molecule has 0 aliphatic heterocycles. The molecule has 0 aliphatic rings. The van der Waals surface area contributed by atoms with Gasteiger partial charge in [0.05, 0.1) is 6.10 Å². The predicted molar refractivity (Wildman–Crippen MR) is 68.5 cm³/mol. The molecule has 2 nitrogen and oxygen atoms in total. The molecule has 1 rings (SSSR count). The SMILES string of the molecule is CCCC(OC)C(N)Cc1cc(F)ccc1C. The summed E-state index contributed by atoms with van der Waals surface area (Å²) in [6.07, 6.45) is 2.67. The van der Waals surface area contributed by atoms with E-state index in [1.54, 1.807) is 19.2 Å². The van der Waals surface area contributed by atoms with Gasteiger partial charge in [0.2, 0.25) is 0 Å². The van der Waals surface area contributed by atoms with Crippen molar-refractivity contribution in [2.24, 2.45) is 5.73 Å². The Kier molecular flexibility index (Phi) is 5.59. The van der Waals surface area contributed by atoms with Crippen LogP contribution in [0.4, 0.5) is 4.39 Å². The Hall–Kier alpha value is -0.930. The smallest absolute Gasteiger partial charge is 0.123 e. The van der Waals surface area contributed by atoms with E-state index in [1.807, 2.05) is 6.92 Å². The van der Waals surface area contributed by atoms with E-state index < -0.39 is 0 Å². The molecule has 0 fully saturated rings. The van der Waals surface area contributed by atoms with E-state index in [1.165, 1.54) is 6.07 Å². The Balaban J connectivity index is 2.72. The lowest BCUT2D eigenvalue weighted by Gasteiger charge is -2.22. The maximum absolute atomic E-state index is 13.2. The van der Waals surface area contributed by atoms with Crippen molar-refractivity contribution >= 4 is 0 Å². The number of hydrogen-bond donors (Lipinski definition) is 1. The average Bonchev–Trinajstić information content (AvgIpc) is 2.30. The molecule has 0 amide bonds. The first-order chi connectivity index (χ1) is 8.08. The molecule has 0 saturated heterocycles. The monoisotopic (exact) mass is 239 g/mol. The minimum Gasteiger partial charge on any atom is -0.380 e. The maximum atomic E-state index is 13.2. The first kappa shape index (κ1) is 14.1. The van der Waals surface area contributed by atoms with Crippen molar-refractivity contribution in [1.29, 1.82) is 0 Å². The summed E-state index contributed by atoms with van der Waals surface area (Å²) in [5.41, 5.74) is 8.16. The fourth-order valence-electron chi connectivity index (χ4n) is 2.04. The van der Waals surface area contributed by atoms with Crippen molar-refractivity contribution in [2.75, 3.05) is 7.11 Å². The fourth-order valence-corrected chi connectivity index (χ4v) is 2.04. The van der Waals surface area contributed by atoms with Gasteiger partial charge in [-0.3, -0.25) is 0 Å². The highest BCUT2D eigenvalue weighted by molar-refractivity contribution is 5.27. The number of rotatable bonds is 6. The zero-order valence-corrected chi connectivity index (χ0v) is 10.9. The van der Waals surface area contributed by atoms with Gasteiger partial charge in [-0.05, 0) is 43.0 Å². The molecule has 2 unspecified atom stereocenters. The van der Waals surface area contributed by atoms with Gasteiger partial charge in [0.1, 0.15) is 5.82 Å². The summed E-state index contributed by atoms with van der Waals surface area (Å²) >= 11 is 0. The predicted octanol–water partition coefficient (Wildman–Crippen LogP) is 2.82. The lowest BCUT2D eigenvalue weighted by Crippen LogP contribution is -2.38. The highest BCUT2D eigenvalue weighted by atomic mass is 19.1. The Morgan fingerprint density at radius 2 is 2.12 bits per heavy atom. The third-order valence-electron chi connectivity index (χ3n) is 3.12. The lowest BCUT2D eigenvalue weighted by molar-refractivity contribution is 0.0726. The summed E-state index contributed by atoms with van der Waals surface area (Å²) in [6.45, 7) is 4.08. The van der Waals surface area contributed by atoms with Crippen molar-refractivity contribution in [2.45, 2.75) is 45.3 Å². The molecule has 0 aliphatic carbocycles. The lowest BCUT2D eigenvalue weighted by atomic mass is 9.96. The topological polar surface area (TPSA) is 35.2 Å². The second kappa shape index (κ2) is 6.72. The minimum atomic E-state index is -0.206. The van der Waals surface area contributed by atoms with Crippen LogP contribution in [0.25, 0.3) is 0 Å². The first-order valence-electron chi connectivity index (χ1n) is 6.11. The Labute approximate surface area is 103 Å². The Morgan fingerprint density at radius 3 is 2.71 bits per heavy atom. The average molecular weight is 239 g/mol. The van der Waals surface area contributed by atoms with Crippen LogP contribution in [0.1, 0.15) is 30.9 Å². The van der Waals surface area contributed by atoms with Crippen molar-refractivity contribution < 1.29 is 9.13 Å². The van der Waals surface area contributed by atoms with Crippen LogP contribution in [-0.4, -0.2) is 19.3 Å². The molecule has 2 N–H and O–H groups in total. The third-order valence-corrected chi connectivity index (χ3v) is 3.12. The molecule has 0 spiro atoms. The molecule has 2 atom stereocenters. The van der Waals surface area contributed by atoms with Crippen molar-refractivity contribution in [3.05, 3.63) is 35.1 Å². The van der Waals surface area contributed by atoms with Gasteiger partial charge in [-0.1, -0.05) is 19.4 Å². The second-order valence-corrected chi connectivity index (χ2v) is 4.50. The van der Waals surface area contributed by atoms with Gasteiger partial charge < -0.3 is 10.5 Å². The molecule has 0 heterocycles. The van der Waals surface area contributed by atoms with Gasteiger partial charge in [0.15, 0.2) is 0 Å². The van der Waals surface area contributed by atoms with Crippen molar-refractivity contribution in [1.82, 2.24) is 0 Å².